The summed E-state index contributed by atoms with van der Waals surface area (Å²) in [6, 6.07) is 19.6. The van der Waals surface area contributed by atoms with Gasteiger partial charge in [0.15, 0.2) is 5.84 Å². The number of hydrogen-bond acceptors (Lipinski definition) is 6. The van der Waals surface area contributed by atoms with Gasteiger partial charge in [-0.3, -0.25) is 14.5 Å². The standard InChI is InChI=1S/C35H40Cl2N6O3/c1-22-15-23(2)17-26(16-22)35(45)41-13-14-42(32(21-41)25-5-10-30(36)31(37)18-25)33(44)11-12-40-19-29-9-8-28(40)20-43(29)27-6-3-24(4-7-27)34(38)39-46/h3-7,10,15-18,28-29,32,46H,8-9,11-14,19-21H2,1-2H3,(H2,38,39). The third-order valence-corrected chi connectivity index (χ3v) is 10.4. The highest BCUT2D eigenvalue weighted by atomic mass is 35.5. The first-order valence-corrected chi connectivity index (χ1v) is 16.6. The number of nitrogens with zero attached hydrogens (tertiary/aromatic N) is 5. The number of benzene rings is 3. The molecule has 46 heavy (non-hydrogen) atoms. The maximum Gasteiger partial charge on any atom is 0.254 e. The monoisotopic (exact) mass is 662 g/mol. The Kier molecular flexibility index (Phi) is 9.45. The molecule has 0 spiro atoms. The molecule has 4 fully saturated rings. The Bertz CT molecular complexity index is 1630. The Labute approximate surface area is 280 Å². The van der Waals surface area contributed by atoms with Gasteiger partial charge in [0, 0.05) is 74.6 Å². The van der Waals surface area contributed by atoms with E-state index < -0.39 is 0 Å². The van der Waals surface area contributed by atoms with E-state index in [0.717, 1.165) is 48.3 Å². The molecule has 3 unspecified atom stereocenters. The zero-order chi connectivity index (χ0) is 32.5. The van der Waals surface area contributed by atoms with Crippen LogP contribution in [0.15, 0.2) is 65.8 Å². The van der Waals surface area contributed by atoms with Gasteiger partial charge in [0.2, 0.25) is 5.91 Å². The number of hydrogen-bond donors (Lipinski definition) is 2. The number of rotatable bonds is 7. The molecule has 242 valence electrons. The number of piperazine rings is 2. The van der Waals surface area contributed by atoms with Crippen molar-refractivity contribution >= 4 is 46.5 Å². The second-order valence-corrected chi connectivity index (χ2v) is 13.5. The number of halogens is 2. The van der Waals surface area contributed by atoms with Crippen LogP contribution in [0.25, 0.3) is 0 Å². The number of oxime groups is 1. The molecule has 4 saturated heterocycles. The molecule has 0 saturated carbocycles. The maximum absolute atomic E-state index is 13.9. The van der Waals surface area contributed by atoms with E-state index in [2.05, 4.69) is 21.0 Å². The molecule has 4 heterocycles. The van der Waals surface area contributed by atoms with E-state index in [9.17, 15) is 9.59 Å². The number of carbonyl (C=O) groups is 2. The molecule has 4 aliphatic rings. The lowest BCUT2D eigenvalue weighted by Gasteiger charge is -2.52. The molecule has 4 aliphatic heterocycles. The van der Waals surface area contributed by atoms with Crippen molar-refractivity contribution in [2.75, 3.05) is 44.2 Å². The summed E-state index contributed by atoms with van der Waals surface area (Å²) >= 11 is 12.7. The number of nitrogens with two attached hydrogens (primary N) is 1. The molecule has 3 aromatic rings. The summed E-state index contributed by atoms with van der Waals surface area (Å²) in [7, 11) is 0. The number of carbonyl (C=O) groups excluding carboxylic acids is 2. The number of fused-ring (bicyclic) bond motifs is 3. The Hall–Kier alpha value is -3.79. The van der Waals surface area contributed by atoms with Crippen LogP contribution in [0, 0.1) is 13.8 Å². The summed E-state index contributed by atoms with van der Waals surface area (Å²) in [5.41, 5.74) is 11.2. The Balaban J connectivity index is 1.13. The van der Waals surface area contributed by atoms with Crippen molar-refractivity contribution in [3.63, 3.8) is 0 Å². The second-order valence-electron chi connectivity index (χ2n) is 12.7. The molecule has 0 aromatic heterocycles. The summed E-state index contributed by atoms with van der Waals surface area (Å²) in [5, 5.41) is 12.9. The van der Waals surface area contributed by atoms with Crippen LogP contribution in [0.2, 0.25) is 10.0 Å². The lowest BCUT2D eigenvalue weighted by Crippen LogP contribution is -2.63. The molecule has 7 rings (SSSR count). The minimum atomic E-state index is -0.327. The van der Waals surface area contributed by atoms with Crippen LogP contribution in [0.5, 0.6) is 0 Å². The van der Waals surface area contributed by atoms with Crippen LogP contribution in [-0.2, 0) is 4.79 Å². The van der Waals surface area contributed by atoms with E-state index in [1.165, 1.54) is 0 Å². The fraction of sp³-hybridized carbons (Fsp3) is 0.400. The fourth-order valence-electron chi connectivity index (χ4n) is 7.32. The van der Waals surface area contributed by atoms with E-state index in [1.54, 1.807) is 6.07 Å². The summed E-state index contributed by atoms with van der Waals surface area (Å²) in [6.07, 6.45) is 2.61. The predicted molar refractivity (Wildman–Crippen MR) is 182 cm³/mol. The van der Waals surface area contributed by atoms with Gasteiger partial charge in [-0.05, 0) is 80.8 Å². The normalized spacial score (nSPS) is 22.0. The van der Waals surface area contributed by atoms with Crippen molar-refractivity contribution in [3.05, 3.63) is 98.5 Å². The molecule has 3 aromatic carbocycles. The van der Waals surface area contributed by atoms with E-state index >= 15 is 0 Å². The van der Waals surface area contributed by atoms with Gasteiger partial charge < -0.3 is 25.6 Å². The summed E-state index contributed by atoms with van der Waals surface area (Å²) in [5.74, 6) is 0.141. The van der Waals surface area contributed by atoms with E-state index in [1.807, 2.05) is 72.2 Å². The van der Waals surface area contributed by atoms with Crippen LogP contribution >= 0.6 is 23.2 Å². The lowest BCUT2D eigenvalue weighted by atomic mass is 9.90. The third kappa shape index (κ3) is 6.68. The Morgan fingerprint density at radius 2 is 1.59 bits per heavy atom. The first-order valence-electron chi connectivity index (χ1n) is 15.8. The number of amidine groups is 1. The van der Waals surface area contributed by atoms with E-state index in [0.29, 0.717) is 65.9 Å². The first kappa shape index (κ1) is 32.2. The average molecular weight is 664 g/mol. The topological polar surface area (TPSA) is 106 Å². The Morgan fingerprint density at radius 1 is 0.870 bits per heavy atom. The number of amides is 2. The molecule has 11 heteroatoms. The molecule has 3 N–H and O–H groups in total. The molecule has 2 bridgehead atoms. The average Bonchev–Trinajstić information content (AvgIpc) is 3.07. The zero-order valence-corrected chi connectivity index (χ0v) is 27.7. The predicted octanol–water partition coefficient (Wildman–Crippen LogP) is 5.47. The van der Waals surface area contributed by atoms with Crippen molar-refractivity contribution in [2.24, 2.45) is 10.9 Å². The highest BCUT2D eigenvalue weighted by Crippen LogP contribution is 2.35. The first-order chi connectivity index (χ1) is 22.1. The van der Waals surface area contributed by atoms with Crippen LogP contribution in [-0.4, -0.2) is 88.9 Å². The number of piperidine rings is 2. The molecule has 2 amide bonds. The Morgan fingerprint density at radius 3 is 2.24 bits per heavy atom. The summed E-state index contributed by atoms with van der Waals surface area (Å²) < 4.78 is 0. The summed E-state index contributed by atoms with van der Waals surface area (Å²) in [6.45, 7) is 7.76. The third-order valence-electron chi connectivity index (χ3n) is 9.64. The number of aryl methyl sites for hydroxylation is 2. The van der Waals surface area contributed by atoms with Gasteiger partial charge in [0.05, 0.1) is 16.1 Å². The molecule has 3 atom stereocenters. The van der Waals surface area contributed by atoms with Gasteiger partial charge in [-0.15, -0.1) is 0 Å². The molecular weight excluding hydrogens is 623 g/mol. The van der Waals surface area contributed by atoms with Gasteiger partial charge >= 0.3 is 0 Å². The van der Waals surface area contributed by atoms with Crippen molar-refractivity contribution in [1.82, 2.24) is 14.7 Å². The zero-order valence-electron chi connectivity index (χ0n) is 26.2. The number of anilines is 1. The fourth-order valence-corrected chi connectivity index (χ4v) is 7.63. The van der Waals surface area contributed by atoms with Gasteiger partial charge in [-0.2, -0.15) is 0 Å². The van der Waals surface area contributed by atoms with Crippen molar-refractivity contribution in [3.8, 4) is 0 Å². The van der Waals surface area contributed by atoms with Crippen LogP contribution in [0.3, 0.4) is 0 Å². The van der Waals surface area contributed by atoms with Crippen molar-refractivity contribution in [1.29, 1.82) is 0 Å². The van der Waals surface area contributed by atoms with Crippen LogP contribution < -0.4 is 10.6 Å². The van der Waals surface area contributed by atoms with Crippen molar-refractivity contribution < 1.29 is 14.8 Å². The lowest BCUT2D eigenvalue weighted by molar-refractivity contribution is -0.136. The van der Waals surface area contributed by atoms with Gasteiger partial charge in [0.1, 0.15) is 0 Å². The minimum Gasteiger partial charge on any atom is -0.409 e. The summed E-state index contributed by atoms with van der Waals surface area (Å²) in [4.78, 5) is 36.2. The quantitative estimate of drug-likeness (QED) is 0.150. The smallest absolute Gasteiger partial charge is 0.254 e. The molecule has 9 nitrogen and oxygen atoms in total. The minimum absolute atomic E-state index is 0.0301. The second kappa shape index (κ2) is 13.5. The van der Waals surface area contributed by atoms with Gasteiger partial charge in [-0.25, -0.2) is 0 Å². The SMILES string of the molecule is Cc1cc(C)cc(C(=O)N2CCN(C(=O)CCN3CC4CCC3CN4c3ccc(/C(N)=N/O)cc3)C(c3ccc(Cl)c(Cl)c3)C2)c1. The van der Waals surface area contributed by atoms with Crippen molar-refractivity contribution in [2.45, 2.75) is 51.2 Å². The van der Waals surface area contributed by atoms with Gasteiger partial charge in [0.25, 0.3) is 5.91 Å². The van der Waals surface area contributed by atoms with Crippen LogP contribution in [0.1, 0.15) is 57.9 Å². The largest absolute Gasteiger partial charge is 0.409 e. The molecular formula is C35H40Cl2N6O3. The van der Waals surface area contributed by atoms with Gasteiger partial charge in [-0.1, -0.05) is 51.6 Å². The maximum atomic E-state index is 13.9. The van der Waals surface area contributed by atoms with Crippen LogP contribution in [0.4, 0.5) is 5.69 Å². The van der Waals surface area contributed by atoms with E-state index in [4.69, 9.17) is 34.1 Å². The molecule has 0 radical (unpaired) electrons. The molecule has 0 aliphatic carbocycles. The van der Waals surface area contributed by atoms with E-state index in [-0.39, 0.29) is 23.7 Å². The highest BCUT2D eigenvalue weighted by Gasteiger charge is 2.40. The highest BCUT2D eigenvalue weighted by molar-refractivity contribution is 6.42.